The van der Waals surface area contributed by atoms with Crippen molar-refractivity contribution in [3.63, 3.8) is 0 Å². The molecule has 3 rings (SSSR count). The molecule has 0 radical (unpaired) electrons. The first-order valence-corrected chi connectivity index (χ1v) is 10.8. The lowest BCUT2D eigenvalue weighted by atomic mass is 10.1. The minimum absolute atomic E-state index is 0.0375. The molecule has 14 heteroatoms. The van der Waals surface area contributed by atoms with E-state index >= 15 is 0 Å². The van der Waals surface area contributed by atoms with Gasteiger partial charge in [0.2, 0.25) is 0 Å². The summed E-state index contributed by atoms with van der Waals surface area (Å²) in [7, 11) is 0. The monoisotopic (exact) mass is 533 g/mol. The van der Waals surface area contributed by atoms with E-state index < -0.39 is 42.0 Å². The zero-order chi connectivity index (χ0) is 26.2. The van der Waals surface area contributed by atoms with Crippen molar-refractivity contribution in [3.8, 4) is 11.4 Å². The third-order valence-corrected chi connectivity index (χ3v) is 5.85. The van der Waals surface area contributed by atoms with Crippen LogP contribution in [0.3, 0.4) is 0 Å². The molecule has 2 aromatic rings. The van der Waals surface area contributed by atoms with E-state index in [2.05, 4.69) is 4.98 Å². The van der Waals surface area contributed by atoms with E-state index in [9.17, 15) is 39.9 Å². The quantitative estimate of drug-likeness (QED) is 0.462. The lowest BCUT2D eigenvalue weighted by Crippen LogP contribution is -2.46. The SMILES string of the molecule is Cc1c(C(=O)NCC(F)(F)C(F)(F)F)nc(-c2cc(C(F)(F)F)ccc2Cl)n1CC1CCCCO1. The summed E-state index contributed by atoms with van der Waals surface area (Å²) in [5.41, 5.74) is -1.73. The molecule has 0 bridgehead atoms. The predicted molar refractivity (Wildman–Crippen MR) is 109 cm³/mol. The summed E-state index contributed by atoms with van der Waals surface area (Å²) in [5.74, 6) is -6.72. The van der Waals surface area contributed by atoms with Crippen molar-refractivity contribution in [2.75, 3.05) is 13.2 Å². The Labute approximate surface area is 199 Å². The highest BCUT2D eigenvalue weighted by Gasteiger charge is 2.57. The van der Waals surface area contributed by atoms with Gasteiger partial charge in [0.05, 0.1) is 29.8 Å². The first-order chi connectivity index (χ1) is 16.1. The first-order valence-electron chi connectivity index (χ1n) is 10.4. The topological polar surface area (TPSA) is 56.2 Å². The van der Waals surface area contributed by atoms with Gasteiger partial charge in [-0.25, -0.2) is 4.98 Å². The number of hydrogen-bond donors (Lipinski definition) is 1. The molecule has 0 saturated carbocycles. The Kier molecular flexibility index (Phi) is 7.70. The Balaban J connectivity index is 2.03. The summed E-state index contributed by atoms with van der Waals surface area (Å²) in [5, 5.41) is 1.37. The number of carbonyl (C=O) groups excluding carboxylic acids is 1. The Hall–Kier alpha value is -2.41. The summed E-state index contributed by atoms with van der Waals surface area (Å²) in [6, 6.07) is 2.47. The zero-order valence-corrected chi connectivity index (χ0v) is 18.9. The molecule has 1 atom stereocenters. The van der Waals surface area contributed by atoms with Crippen molar-refractivity contribution in [1.29, 1.82) is 0 Å². The van der Waals surface area contributed by atoms with Crippen LogP contribution in [0, 0.1) is 6.92 Å². The molecule has 1 N–H and O–H groups in total. The number of imidazole rings is 1. The maximum absolute atomic E-state index is 13.3. The molecule has 1 amide bonds. The van der Waals surface area contributed by atoms with Crippen molar-refractivity contribution >= 4 is 17.5 Å². The van der Waals surface area contributed by atoms with E-state index in [0.717, 1.165) is 31.0 Å². The van der Waals surface area contributed by atoms with Crippen LogP contribution in [-0.2, 0) is 17.5 Å². The van der Waals surface area contributed by atoms with Gasteiger partial charge in [-0.2, -0.15) is 35.1 Å². The summed E-state index contributed by atoms with van der Waals surface area (Å²) in [6.07, 6.45) is -8.76. The summed E-state index contributed by atoms with van der Waals surface area (Å²) in [4.78, 5) is 16.5. The molecule has 1 aliphatic rings. The van der Waals surface area contributed by atoms with Gasteiger partial charge in [0, 0.05) is 17.9 Å². The molecule has 1 fully saturated rings. The Bertz CT molecular complexity index is 1080. The highest BCUT2D eigenvalue weighted by Crippen LogP contribution is 2.37. The van der Waals surface area contributed by atoms with Gasteiger partial charge < -0.3 is 14.6 Å². The lowest BCUT2D eigenvalue weighted by Gasteiger charge is -2.24. The second kappa shape index (κ2) is 9.92. The standard InChI is InChI=1S/C21H20ClF8N3O2/c1-11-16(18(34)31-10-19(23,24)21(28,29)30)32-17(33(11)9-13-4-2-3-7-35-13)14-8-12(20(25,26)27)5-6-15(14)22/h5-6,8,13H,2-4,7,9-10H2,1H3,(H,31,34). The molecule has 1 unspecified atom stereocenters. The van der Waals surface area contributed by atoms with Crippen LogP contribution in [-0.4, -0.2) is 46.8 Å². The van der Waals surface area contributed by atoms with Gasteiger partial charge in [0.1, 0.15) is 11.5 Å². The summed E-state index contributed by atoms with van der Waals surface area (Å²) < 4.78 is 111. The minimum Gasteiger partial charge on any atom is -0.376 e. The minimum atomic E-state index is -5.89. The van der Waals surface area contributed by atoms with E-state index in [4.69, 9.17) is 16.3 Å². The maximum atomic E-state index is 13.3. The molecule has 1 aromatic carbocycles. The van der Waals surface area contributed by atoms with Gasteiger partial charge in [-0.15, -0.1) is 0 Å². The number of benzene rings is 1. The molecule has 0 spiro atoms. The van der Waals surface area contributed by atoms with Crippen LogP contribution >= 0.6 is 11.6 Å². The molecular formula is C21H20ClF8N3O2. The van der Waals surface area contributed by atoms with Crippen LogP contribution < -0.4 is 5.32 Å². The molecule has 35 heavy (non-hydrogen) atoms. The van der Waals surface area contributed by atoms with Gasteiger partial charge in [0.25, 0.3) is 5.91 Å². The van der Waals surface area contributed by atoms with E-state index in [0.29, 0.717) is 13.0 Å². The first kappa shape index (κ1) is 27.2. The Morgan fingerprint density at radius 2 is 1.86 bits per heavy atom. The fourth-order valence-corrected chi connectivity index (χ4v) is 3.78. The molecule has 1 aromatic heterocycles. The highest BCUT2D eigenvalue weighted by molar-refractivity contribution is 6.33. The van der Waals surface area contributed by atoms with Crippen LogP contribution in [0.25, 0.3) is 11.4 Å². The molecule has 194 valence electrons. The molecular weight excluding hydrogens is 514 g/mol. The van der Waals surface area contributed by atoms with Crippen LogP contribution in [0.2, 0.25) is 5.02 Å². The van der Waals surface area contributed by atoms with Gasteiger partial charge in [0.15, 0.2) is 0 Å². The third-order valence-electron chi connectivity index (χ3n) is 5.52. The van der Waals surface area contributed by atoms with E-state index in [1.54, 1.807) is 0 Å². The molecule has 1 aliphatic heterocycles. The number of amides is 1. The fourth-order valence-electron chi connectivity index (χ4n) is 3.58. The number of aromatic nitrogens is 2. The average Bonchev–Trinajstić information content (AvgIpc) is 3.07. The number of hydrogen-bond acceptors (Lipinski definition) is 3. The molecule has 2 heterocycles. The highest BCUT2D eigenvalue weighted by atomic mass is 35.5. The van der Waals surface area contributed by atoms with Gasteiger partial charge in [-0.1, -0.05) is 11.6 Å². The number of rotatable bonds is 6. The predicted octanol–water partition coefficient (Wildman–Crippen LogP) is 6.03. The van der Waals surface area contributed by atoms with Crippen molar-refractivity contribution in [3.05, 3.63) is 40.2 Å². The Morgan fingerprint density at radius 3 is 2.43 bits per heavy atom. The van der Waals surface area contributed by atoms with E-state index in [1.807, 2.05) is 0 Å². The van der Waals surface area contributed by atoms with E-state index in [-0.39, 0.29) is 34.8 Å². The normalized spacial score (nSPS) is 17.5. The Morgan fingerprint density at radius 1 is 1.17 bits per heavy atom. The second-order valence-corrected chi connectivity index (χ2v) is 8.45. The zero-order valence-electron chi connectivity index (χ0n) is 18.2. The molecule has 1 saturated heterocycles. The number of alkyl halides is 8. The number of ether oxygens (including phenoxy) is 1. The fraction of sp³-hybridized carbons (Fsp3) is 0.524. The van der Waals surface area contributed by atoms with Crippen LogP contribution in [0.15, 0.2) is 18.2 Å². The van der Waals surface area contributed by atoms with Gasteiger partial charge in [-0.05, 0) is 44.4 Å². The summed E-state index contributed by atoms with van der Waals surface area (Å²) >= 11 is 6.13. The van der Waals surface area contributed by atoms with Crippen LogP contribution in [0.5, 0.6) is 0 Å². The smallest absolute Gasteiger partial charge is 0.376 e. The maximum Gasteiger partial charge on any atom is 0.455 e. The van der Waals surface area contributed by atoms with Gasteiger partial charge >= 0.3 is 18.3 Å². The number of nitrogens with zero attached hydrogens (tertiary/aromatic N) is 2. The van der Waals surface area contributed by atoms with Crippen LogP contribution in [0.1, 0.15) is 41.0 Å². The van der Waals surface area contributed by atoms with Crippen molar-refractivity contribution in [1.82, 2.24) is 14.9 Å². The van der Waals surface area contributed by atoms with Crippen LogP contribution in [0.4, 0.5) is 35.1 Å². The van der Waals surface area contributed by atoms with Crippen molar-refractivity contribution in [2.45, 2.75) is 57.1 Å². The molecule has 5 nitrogen and oxygen atoms in total. The summed E-state index contributed by atoms with van der Waals surface area (Å²) in [6.45, 7) is -0.199. The lowest BCUT2D eigenvalue weighted by molar-refractivity contribution is -0.278. The number of halogens is 9. The van der Waals surface area contributed by atoms with Gasteiger partial charge in [-0.3, -0.25) is 4.79 Å². The molecule has 0 aliphatic carbocycles. The average molecular weight is 534 g/mol. The second-order valence-electron chi connectivity index (χ2n) is 8.05. The number of nitrogens with one attached hydrogen (secondary N) is 1. The number of carbonyl (C=O) groups is 1. The van der Waals surface area contributed by atoms with Crippen molar-refractivity contribution in [2.24, 2.45) is 0 Å². The van der Waals surface area contributed by atoms with E-state index in [1.165, 1.54) is 16.8 Å². The third kappa shape index (κ3) is 6.05. The largest absolute Gasteiger partial charge is 0.455 e. The van der Waals surface area contributed by atoms with Crippen molar-refractivity contribution < 1.29 is 44.7 Å².